The standard InChI is InChI=1S/C56H88FN5O16/c1-15-42-56(10)48(77-53(68)78-56)33(6)61(13)27-29(2)25-54(8,69)47(76-52-45(64)41(60(11)12)22-30(3)72-52)31(4)46(32(5)51(67)74-42)75-43-26-55(9,70-14)49(34(7)73-43)71-21-20-58-18-19-59-39-24-40-36(23-38(39)57)44(63)37(50(65)66)28-62(40)35-16-17-35/h23-24,28-35,41-43,45-49,52,58-59,64,69H,15-22,25-27H2,1-14H3,(H,65,66)/t29-,30-,31+,32-,33-,34+,41+,42-,43?,45-,46+,47-,48+,49+,52+,54-,55-,56-/m1/s1. The number of halogens is 1. The van der Waals surface area contributed by atoms with Gasteiger partial charge in [-0.05, 0) is 120 Å². The molecule has 21 nitrogen and oxygen atoms in total. The Kier molecular flexibility index (Phi) is 19.7. The first-order valence-corrected chi connectivity index (χ1v) is 27.9. The van der Waals surface area contributed by atoms with Crippen molar-refractivity contribution in [2.45, 2.75) is 204 Å². The number of anilines is 1. The van der Waals surface area contributed by atoms with Crippen molar-refractivity contribution < 1.29 is 76.7 Å². The van der Waals surface area contributed by atoms with E-state index >= 15 is 4.39 Å². The molecule has 5 N–H and O–H groups in total. The van der Waals surface area contributed by atoms with E-state index in [1.807, 2.05) is 79.4 Å². The largest absolute Gasteiger partial charge is 0.509 e. The number of benzene rings is 1. The van der Waals surface area contributed by atoms with Gasteiger partial charge in [0.2, 0.25) is 5.43 Å². The van der Waals surface area contributed by atoms with Crippen molar-refractivity contribution >= 4 is 34.7 Å². The zero-order valence-corrected chi connectivity index (χ0v) is 48.1. The summed E-state index contributed by atoms with van der Waals surface area (Å²) in [6.45, 7) is 20.3. The summed E-state index contributed by atoms with van der Waals surface area (Å²) in [6, 6.07) is 2.00. The summed E-state index contributed by atoms with van der Waals surface area (Å²) >= 11 is 0. The molecule has 440 valence electrons. The van der Waals surface area contributed by atoms with Crippen LogP contribution >= 0.6 is 0 Å². The van der Waals surface area contributed by atoms with E-state index in [4.69, 9.17) is 42.6 Å². The number of nitrogens with one attached hydrogen (secondary N) is 2. The molecule has 5 aliphatic rings. The van der Waals surface area contributed by atoms with Crippen LogP contribution in [0.4, 0.5) is 14.9 Å². The average molecular weight is 1110 g/mol. The van der Waals surface area contributed by atoms with Gasteiger partial charge in [0.05, 0.1) is 59.3 Å². The first kappa shape index (κ1) is 61.5. The fourth-order valence-electron chi connectivity index (χ4n) is 12.6. The minimum absolute atomic E-state index is 0.0210. The van der Waals surface area contributed by atoms with E-state index in [0.29, 0.717) is 38.1 Å². The van der Waals surface area contributed by atoms with E-state index in [1.54, 1.807) is 38.5 Å². The highest BCUT2D eigenvalue weighted by atomic mass is 19.1. The van der Waals surface area contributed by atoms with Crippen LogP contribution in [0, 0.1) is 23.6 Å². The van der Waals surface area contributed by atoms with Crippen LogP contribution in [0.15, 0.2) is 23.1 Å². The summed E-state index contributed by atoms with van der Waals surface area (Å²) in [7, 11) is 7.26. The van der Waals surface area contributed by atoms with Gasteiger partial charge in [-0.15, -0.1) is 0 Å². The Hall–Kier alpha value is -4.07. The Labute approximate surface area is 458 Å². The highest BCUT2D eigenvalue weighted by Gasteiger charge is 2.58. The van der Waals surface area contributed by atoms with Crippen LogP contribution in [0.5, 0.6) is 0 Å². The molecule has 4 aliphatic heterocycles. The van der Waals surface area contributed by atoms with Gasteiger partial charge < -0.3 is 78.1 Å². The topological polar surface area (TPSA) is 248 Å². The van der Waals surface area contributed by atoms with Crippen molar-refractivity contribution in [1.29, 1.82) is 0 Å². The Morgan fingerprint density at radius 3 is 2.31 bits per heavy atom. The number of ether oxygens (including phenoxy) is 9. The molecule has 0 amide bonds. The lowest BCUT2D eigenvalue weighted by Gasteiger charge is -2.49. The lowest BCUT2D eigenvalue weighted by atomic mass is 9.77. The Morgan fingerprint density at radius 1 is 0.962 bits per heavy atom. The van der Waals surface area contributed by atoms with Crippen LogP contribution in [0.1, 0.15) is 124 Å². The quantitative estimate of drug-likeness (QED) is 0.0997. The fraction of sp³-hybridized carbons (Fsp3) is 0.786. The maximum atomic E-state index is 15.3. The minimum atomic E-state index is -1.61. The van der Waals surface area contributed by atoms with Crippen LogP contribution in [0.2, 0.25) is 0 Å². The van der Waals surface area contributed by atoms with Gasteiger partial charge in [-0.3, -0.25) is 14.5 Å². The number of carboxylic acids is 1. The first-order chi connectivity index (χ1) is 36.6. The SMILES string of the molecule is CC[C@H]1OC(=O)[C@H](C)[C@@H](OC2C[C@@](C)(OC)[C@@H](OCCNCCNc3cc4c(cc3F)c(=O)c(C(=O)O)cn4C3CC3)[C@H](C)O2)[C@H](C)[C@@H](O[C@@H]2O[C@H](C)C[C@H](N(C)C)[C@H]2O)[C@](C)(O)C[C@@H](C)CN(C)[C@H](C)[C@@H]2OC(=O)O[C@]12C. The molecule has 18 atom stereocenters. The number of aliphatic hydroxyl groups is 2. The van der Waals surface area contributed by atoms with Gasteiger partial charge in [0.1, 0.15) is 29.7 Å². The van der Waals surface area contributed by atoms with Gasteiger partial charge in [0.25, 0.3) is 0 Å². The summed E-state index contributed by atoms with van der Waals surface area (Å²) in [5.74, 6) is -4.67. The molecule has 0 spiro atoms. The summed E-state index contributed by atoms with van der Waals surface area (Å²) in [5.41, 5.74) is -4.39. The van der Waals surface area contributed by atoms with E-state index in [-0.39, 0.29) is 72.7 Å². The van der Waals surface area contributed by atoms with Crippen LogP contribution in [-0.2, 0) is 47.4 Å². The summed E-state index contributed by atoms with van der Waals surface area (Å²) in [5, 5.41) is 40.7. The molecule has 1 saturated carbocycles. The molecular weight excluding hydrogens is 1020 g/mol. The molecule has 2 aromatic rings. The third kappa shape index (κ3) is 13.3. The number of fused-ring (bicyclic) bond motifs is 2. The van der Waals surface area contributed by atoms with Gasteiger partial charge in [-0.1, -0.05) is 20.8 Å². The molecule has 1 aliphatic carbocycles. The number of carbonyl (C=O) groups excluding carboxylic acids is 2. The molecule has 22 heteroatoms. The van der Waals surface area contributed by atoms with Gasteiger partial charge in [0.15, 0.2) is 24.3 Å². The summed E-state index contributed by atoms with van der Waals surface area (Å²) in [4.78, 5) is 56.4. The van der Waals surface area contributed by atoms with Crippen LogP contribution < -0.4 is 16.1 Å². The van der Waals surface area contributed by atoms with Crippen molar-refractivity contribution in [3.63, 3.8) is 0 Å². The molecule has 0 bridgehead atoms. The molecule has 7 rings (SSSR count). The zero-order chi connectivity index (χ0) is 57.3. The number of methoxy groups -OCH3 is 1. The Balaban J connectivity index is 1.08. The van der Waals surface area contributed by atoms with Crippen LogP contribution in [-0.4, -0.2) is 199 Å². The predicted octanol–water partition coefficient (Wildman–Crippen LogP) is 5.30. The van der Waals surface area contributed by atoms with Crippen LogP contribution in [0.25, 0.3) is 10.9 Å². The number of rotatable bonds is 17. The Morgan fingerprint density at radius 2 is 1.67 bits per heavy atom. The normalized spacial score (nSPS) is 38.5. The van der Waals surface area contributed by atoms with Crippen molar-refractivity contribution in [2.75, 3.05) is 66.4 Å². The number of aromatic carboxylic acids is 1. The number of nitrogens with zero attached hydrogens (tertiary/aromatic N) is 3. The molecule has 1 aromatic heterocycles. The summed E-state index contributed by atoms with van der Waals surface area (Å²) < 4.78 is 74.7. The highest BCUT2D eigenvalue weighted by molar-refractivity contribution is 5.93. The number of hydrogen-bond acceptors (Lipinski definition) is 19. The second-order valence-electron chi connectivity index (χ2n) is 23.8. The molecular formula is C56H88FN5O16. The summed E-state index contributed by atoms with van der Waals surface area (Å²) in [6.07, 6.45) is -5.21. The van der Waals surface area contributed by atoms with E-state index in [1.165, 1.54) is 6.20 Å². The van der Waals surface area contributed by atoms with Gasteiger partial charge in [-0.2, -0.15) is 0 Å². The maximum absolute atomic E-state index is 15.3. The monoisotopic (exact) mass is 1110 g/mol. The fourth-order valence-corrected chi connectivity index (χ4v) is 12.6. The number of esters is 1. The van der Waals surface area contributed by atoms with Gasteiger partial charge >= 0.3 is 18.1 Å². The van der Waals surface area contributed by atoms with Gasteiger partial charge in [-0.25, -0.2) is 14.0 Å². The minimum Gasteiger partial charge on any atom is -0.477 e. The van der Waals surface area contributed by atoms with Crippen molar-refractivity contribution in [3.8, 4) is 0 Å². The van der Waals surface area contributed by atoms with Crippen molar-refractivity contribution in [3.05, 3.63) is 39.9 Å². The second kappa shape index (κ2) is 25.0. The molecule has 5 fully saturated rings. The average Bonchev–Trinajstić information content (AvgIpc) is 4.21. The van der Waals surface area contributed by atoms with Gasteiger partial charge in [0, 0.05) is 75.3 Å². The zero-order valence-electron chi connectivity index (χ0n) is 48.1. The maximum Gasteiger partial charge on any atom is 0.509 e. The Bertz CT molecular complexity index is 2480. The molecule has 4 saturated heterocycles. The number of aromatic nitrogens is 1. The van der Waals surface area contributed by atoms with E-state index in [2.05, 4.69) is 10.6 Å². The number of carboxylic acid groups (broad SMARTS) is 1. The first-order valence-electron chi connectivity index (χ1n) is 27.9. The number of pyridine rings is 1. The van der Waals surface area contributed by atoms with Crippen LogP contribution in [0.3, 0.4) is 0 Å². The number of aliphatic hydroxyl groups excluding tert-OH is 1. The smallest absolute Gasteiger partial charge is 0.477 e. The third-order valence-corrected chi connectivity index (χ3v) is 17.1. The molecule has 0 radical (unpaired) electrons. The number of likely N-dealkylation sites (N-methyl/N-ethyl adjacent to an activating group) is 2. The predicted molar refractivity (Wildman–Crippen MR) is 286 cm³/mol. The van der Waals surface area contributed by atoms with E-state index in [0.717, 1.165) is 18.9 Å². The lowest BCUT2D eigenvalue weighted by molar-refractivity contribution is -0.320. The third-order valence-electron chi connectivity index (χ3n) is 17.1. The lowest BCUT2D eigenvalue weighted by Crippen LogP contribution is -2.61. The van der Waals surface area contributed by atoms with E-state index in [9.17, 15) is 34.5 Å². The molecule has 1 aromatic carbocycles. The molecule has 5 heterocycles. The molecule has 78 heavy (non-hydrogen) atoms. The number of cyclic esters (lactones) is 1. The second-order valence-corrected chi connectivity index (χ2v) is 23.8. The number of hydrogen-bond donors (Lipinski definition) is 5. The van der Waals surface area contributed by atoms with E-state index < -0.39 is 113 Å². The molecule has 1 unspecified atom stereocenters. The number of carbonyl (C=O) groups is 3. The highest BCUT2D eigenvalue weighted by Crippen LogP contribution is 2.43. The van der Waals surface area contributed by atoms with Crippen molar-refractivity contribution in [2.24, 2.45) is 17.8 Å². The van der Waals surface area contributed by atoms with Crippen molar-refractivity contribution in [1.82, 2.24) is 19.7 Å².